The molecule has 0 unspecified atom stereocenters. The molecule has 1 atom stereocenters. The number of aromatic nitrogens is 1. The summed E-state index contributed by atoms with van der Waals surface area (Å²) in [6.07, 6.45) is 5.32. The molecule has 2 N–H and O–H groups in total. The number of rotatable bonds is 7. The number of morpholine rings is 1. The molecule has 2 fully saturated rings. The third-order valence-electron chi connectivity index (χ3n) is 5.86. The average Bonchev–Trinajstić information content (AvgIpc) is 3.26. The van der Waals surface area contributed by atoms with Gasteiger partial charge in [-0.3, -0.25) is 4.90 Å². The van der Waals surface area contributed by atoms with Crippen LogP contribution in [0.4, 0.5) is 10.6 Å². The van der Waals surface area contributed by atoms with Crippen molar-refractivity contribution in [3.05, 3.63) is 23.9 Å². The van der Waals surface area contributed by atoms with Gasteiger partial charge in [-0.1, -0.05) is 13.0 Å². The number of carbonyl (C=O) groups excluding carboxylic acids is 1. The first-order valence-corrected chi connectivity index (χ1v) is 10.1. The van der Waals surface area contributed by atoms with Gasteiger partial charge in [-0.05, 0) is 37.8 Å². The van der Waals surface area contributed by atoms with Gasteiger partial charge in [0.25, 0.3) is 0 Å². The van der Waals surface area contributed by atoms with Gasteiger partial charge in [0.2, 0.25) is 0 Å². The maximum Gasteiger partial charge on any atom is 0.315 e. The van der Waals surface area contributed by atoms with Crippen molar-refractivity contribution < 1.29 is 9.53 Å². The fraction of sp³-hybridized carbons (Fsp3) is 0.700. The lowest BCUT2D eigenvalue weighted by Crippen LogP contribution is -2.57. The first-order chi connectivity index (χ1) is 13.1. The summed E-state index contributed by atoms with van der Waals surface area (Å²) in [6.45, 7) is 11.0. The normalized spacial score (nSPS) is 20.3. The van der Waals surface area contributed by atoms with E-state index < -0.39 is 0 Å². The van der Waals surface area contributed by atoms with E-state index >= 15 is 0 Å². The summed E-state index contributed by atoms with van der Waals surface area (Å²) in [5.41, 5.74) is 0.972. The van der Waals surface area contributed by atoms with Crippen molar-refractivity contribution in [2.24, 2.45) is 0 Å². The van der Waals surface area contributed by atoms with Crippen molar-refractivity contribution in [2.45, 2.75) is 45.2 Å². The quantitative estimate of drug-likeness (QED) is 0.763. The smallest absolute Gasteiger partial charge is 0.315 e. The van der Waals surface area contributed by atoms with Crippen LogP contribution in [0.15, 0.2) is 18.3 Å². The zero-order chi connectivity index (χ0) is 19.1. The van der Waals surface area contributed by atoms with Gasteiger partial charge in [-0.25, -0.2) is 9.78 Å². The highest BCUT2D eigenvalue weighted by Crippen LogP contribution is 2.20. The van der Waals surface area contributed by atoms with Crippen LogP contribution >= 0.6 is 0 Å². The zero-order valence-corrected chi connectivity index (χ0v) is 16.7. The van der Waals surface area contributed by atoms with Crippen LogP contribution in [0.25, 0.3) is 0 Å². The number of nitrogens with one attached hydrogen (secondary N) is 2. The number of ether oxygens (including phenoxy) is 1. The molecule has 27 heavy (non-hydrogen) atoms. The van der Waals surface area contributed by atoms with E-state index in [2.05, 4.69) is 39.3 Å². The molecule has 1 aromatic rings. The number of nitrogens with zero attached hydrogens (tertiary/aromatic N) is 3. The van der Waals surface area contributed by atoms with Crippen molar-refractivity contribution >= 4 is 11.8 Å². The summed E-state index contributed by atoms with van der Waals surface area (Å²) in [5.74, 6) is 1.03. The van der Waals surface area contributed by atoms with E-state index in [1.165, 1.54) is 12.8 Å². The monoisotopic (exact) mass is 375 g/mol. The Kier molecular flexibility index (Phi) is 6.90. The third kappa shape index (κ3) is 5.32. The minimum absolute atomic E-state index is 0.0416. The lowest BCUT2D eigenvalue weighted by Gasteiger charge is -2.43. The molecular weight excluding hydrogens is 342 g/mol. The number of carbonyl (C=O) groups is 1. The molecule has 1 aromatic heterocycles. The second kappa shape index (κ2) is 9.37. The Morgan fingerprint density at radius 2 is 1.93 bits per heavy atom. The largest absolute Gasteiger partial charge is 0.379 e. The first-order valence-electron chi connectivity index (χ1n) is 10.1. The van der Waals surface area contributed by atoms with Gasteiger partial charge in [0, 0.05) is 51.0 Å². The minimum atomic E-state index is -0.133. The molecule has 0 aromatic carbocycles. The molecule has 0 radical (unpaired) electrons. The second-order valence-corrected chi connectivity index (χ2v) is 7.70. The predicted molar refractivity (Wildman–Crippen MR) is 107 cm³/mol. The molecule has 3 rings (SSSR count). The Bertz CT molecular complexity index is 597. The van der Waals surface area contributed by atoms with Crippen LogP contribution in [-0.2, 0) is 11.3 Å². The molecule has 7 heteroatoms. The Morgan fingerprint density at radius 3 is 2.56 bits per heavy atom. The van der Waals surface area contributed by atoms with Crippen molar-refractivity contribution in [1.82, 2.24) is 20.5 Å². The van der Waals surface area contributed by atoms with Crippen molar-refractivity contribution in [1.29, 1.82) is 0 Å². The van der Waals surface area contributed by atoms with Gasteiger partial charge in [0.1, 0.15) is 5.82 Å². The van der Waals surface area contributed by atoms with E-state index in [0.29, 0.717) is 13.1 Å². The Balaban J connectivity index is 1.43. The number of pyridine rings is 1. The van der Waals surface area contributed by atoms with E-state index in [4.69, 9.17) is 4.74 Å². The molecule has 0 spiro atoms. The molecule has 150 valence electrons. The molecule has 0 saturated carbocycles. The van der Waals surface area contributed by atoms with Crippen molar-refractivity contribution in [3.63, 3.8) is 0 Å². The number of hydrogen-bond donors (Lipinski definition) is 2. The first kappa shape index (κ1) is 19.9. The maximum absolute atomic E-state index is 12.2. The van der Waals surface area contributed by atoms with Crippen LogP contribution in [0.1, 0.15) is 38.7 Å². The topological polar surface area (TPSA) is 69.7 Å². The van der Waals surface area contributed by atoms with Crippen LogP contribution in [0, 0.1) is 0 Å². The van der Waals surface area contributed by atoms with Gasteiger partial charge in [-0.2, -0.15) is 0 Å². The lowest BCUT2D eigenvalue weighted by molar-refractivity contribution is -0.0165. The van der Waals surface area contributed by atoms with Crippen molar-refractivity contribution in [3.8, 4) is 0 Å². The van der Waals surface area contributed by atoms with E-state index in [9.17, 15) is 4.79 Å². The predicted octanol–water partition coefficient (Wildman–Crippen LogP) is 1.98. The Morgan fingerprint density at radius 1 is 1.19 bits per heavy atom. The summed E-state index contributed by atoms with van der Waals surface area (Å²) in [4.78, 5) is 21.5. The summed E-state index contributed by atoms with van der Waals surface area (Å²) in [6, 6.07) is 3.96. The lowest BCUT2D eigenvalue weighted by atomic mass is 9.95. The van der Waals surface area contributed by atoms with E-state index in [-0.39, 0.29) is 11.6 Å². The fourth-order valence-corrected chi connectivity index (χ4v) is 3.73. The minimum Gasteiger partial charge on any atom is -0.379 e. The summed E-state index contributed by atoms with van der Waals surface area (Å²) in [5, 5.41) is 5.98. The molecule has 2 aliphatic heterocycles. The summed E-state index contributed by atoms with van der Waals surface area (Å²) >= 11 is 0. The molecule has 2 aliphatic rings. The average molecular weight is 376 g/mol. The summed E-state index contributed by atoms with van der Waals surface area (Å²) < 4.78 is 5.44. The van der Waals surface area contributed by atoms with E-state index in [1.807, 2.05) is 18.3 Å². The van der Waals surface area contributed by atoms with Crippen LogP contribution in [-0.4, -0.2) is 67.4 Å². The molecular formula is C20H33N5O2. The Labute approximate surface area is 162 Å². The van der Waals surface area contributed by atoms with Gasteiger partial charge in [-0.15, -0.1) is 0 Å². The van der Waals surface area contributed by atoms with Gasteiger partial charge in [0.05, 0.1) is 13.2 Å². The van der Waals surface area contributed by atoms with Crippen LogP contribution in [0.3, 0.4) is 0 Å². The third-order valence-corrected chi connectivity index (χ3v) is 5.86. The summed E-state index contributed by atoms with van der Waals surface area (Å²) in [7, 11) is 0. The molecule has 0 aliphatic carbocycles. The number of amides is 2. The Hall–Kier alpha value is -1.86. The zero-order valence-electron chi connectivity index (χ0n) is 16.7. The highest BCUT2D eigenvalue weighted by molar-refractivity contribution is 5.73. The van der Waals surface area contributed by atoms with Crippen LogP contribution in [0.5, 0.6) is 0 Å². The standard InChI is InChI=1S/C20H33N5O2/c1-3-20(2,25-10-12-27-13-11-25)16-23-19(26)22-15-17-6-7-18(21-14-17)24-8-4-5-9-24/h6-7,14H,3-5,8-13,15-16H2,1-2H3,(H2,22,23,26)/t20-/m1/s1. The van der Waals surface area contributed by atoms with Gasteiger partial charge < -0.3 is 20.3 Å². The molecule has 3 heterocycles. The second-order valence-electron chi connectivity index (χ2n) is 7.70. The highest BCUT2D eigenvalue weighted by atomic mass is 16.5. The SMILES string of the molecule is CC[C@](C)(CNC(=O)NCc1ccc(N2CCCC2)nc1)N1CCOCC1. The number of urea groups is 1. The van der Waals surface area contributed by atoms with E-state index in [0.717, 1.165) is 57.2 Å². The molecule has 7 nitrogen and oxygen atoms in total. The molecule has 2 saturated heterocycles. The molecule has 0 bridgehead atoms. The van der Waals surface area contributed by atoms with E-state index in [1.54, 1.807) is 0 Å². The van der Waals surface area contributed by atoms with Gasteiger partial charge >= 0.3 is 6.03 Å². The van der Waals surface area contributed by atoms with Crippen LogP contribution in [0.2, 0.25) is 0 Å². The van der Waals surface area contributed by atoms with Crippen LogP contribution < -0.4 is 15.5 Å². The maximum atomic E-state index is 12.2. The van der Waals surface area contributed by atoms with Crippen molar-refractivity contribution in [2.75, 3.05) is 50.8 Å². The molecule has 2 amide bonds. The number of anilines is 1. The fourth-order valence-electron chi connectivity index (χ4n) is 3.73. The number of hydrogen-bond acceptors (Lipinski definition) is 5. The van der Waals surface area contributed by atoms with Gasteiger partial charge in [0.15, 0.2) is 0 Å². The highest BCUT2D eigenvalue weighted by Gasteiger charge is 2.31.